The molecule has 1 aliphatic heterocycles. The van der Waals surface area contributed by atoms with Gasteiger partial charge >= 0.3 is 5.97 Å². The summed E-state index contributed by atoms with van der Waals surface area (Å²) in [5, 5.41) is 4.26. The van der Waals surface area contributed by atoms with Gasteiger partial charge in [0.1, 0.15) is 0 Å². The third kappa shape index (κ3) is 4.72. The molecule has 1 fully saturated rings. The lowest BCUT2D eigenvalue weighted by Gasteiger charge is -2.26. The Morgan fingerprint density at radius 3 is 2.58 bits per heavy atom. The highest BCUT2D eigenvalue weighted by molar-refractivity contribution is 7.91. The van der Waals surface area contributed by atoms with E-state index >= 15 is 0 Å². The fourth-order valence-electron chi connectivity index (χ4n) is 3.11. The molecule has 2 heterocycles. The summed E-state index contributed by atoms with van der Waals surface area (Å²) in [7, 11) is -1.26. The standard InChI is InChI=1S/C17H25N3O5S/c1-5-20(14-8-9-26(23,24)11-14)16(21)10-25-17(22)7-6-15-12(2)18-19(4)13(15)3/h6-7,14H,5,8-11H2,1-4H3/b7-6+/t14-/m0/s1. The van der Waals surface area contributed by atoms with Crippen LogP contribution in [0.1, 0.15) is 30.3 Å². The number of aromatic nitrogens is 2. The zero-order valence-electron chi connectivity index (χ0n) is 15.6. The molecule has 0 radical (unpaired) electrons. The van der Waals surface area contributed by atoms with Gasteiger partial charge < -0.3 is 9.64 Å². The van der Waals surface area contributed by atoms with E-state index < -0.39 is 22.4 Å². The van der Waals surface area contributed by atoms with Crippen LogP contribution in [0.4, 0.5) is 0 Å². The highest BCUT2D eigenvalue weighted by Gasteiger charge is 2.34. The van der Waals surface area contributed by atoms with Crippen molar-refractivity contribution < 1.29 is 22.7 Å². The molecule has 8 nitrogen and oxygen atoms in total. The van der Waals surface area contributed by atoms with E-state index in [1.165, 1.54) is 11.0 Å². The number of hydrogen-bond donors (Lipinski definition) is 0. The van der Waals surface area contributed by atoms with E-state index in [1.807, 2.05) is 20.9 Å². The van der Waals surface area contributed by atoms with Gasteiger partial charge in [0, 0.05) is 37.0 Å². The Morgan fingerprint density at radius 1 is 1.38 bits per heavy atom. The van der Waals surface area contributed by atoms with Crippen molar-refractivity contribution in [1.82, 2.24) is 14.7 Å². The van der Waals surface area contributed by atoms with E-state index in [4.69, 9.17) is 4.74 Å². The smallest absolute Gasteiger partial charge is 0.331 e. The van der Waals surface area contributed by atoms with Gasteiger partial charge in [-0.3, -0.25) is 9.48 Å². The fourth-order valence-corrected chi connectivity index (χ4v) is 4.84. The number of esters is 1. The first-order chi connectivity index (χ1) is 12.1. The number of aryl methyl sites for hydroxylation is 2. The Bertz CT molecular complexity index is 826. The Morgan fingerprint density at radius 2 is 2.08 bits per heavy atom. The first-order valence-electron chi connectivity index (χ1n) is 8.49. The quantitative estimate of drug-likeness (QED) is 0.528. The number of carbonyl (C=O) groups is 2. The fraction of sp³-hybridized carbons (Fsp3) is 0.588. The van der Waals surface area contributed by atoms with E-state index in [1.54, 1.807) is 17.7 Å². The maximum Gasteiger partial charge on any atom is 0.331 e. The zero-order valence-corrected chi connectivity index (χ0v) is 16.4. The molecule has 0 bridgehead atoms. The van der Waals surface area contributed by atoms with E-state index in [0.29, 0.717) is 13.0 Å². The van der Waals surface area contributed by atoms with Crippen molar-refractivity contribution >= 4 is 27.8 Å². The van der Waals surface area contributed by atoms with Crippen molar-refractivity contribution in [2.24, 2.45) is 7.05 Å². The van der Waals surface area contributed by atoms with Gasteiger partial charge in [-0.2, -0.15) is 5.10 Å². The summed E-state index contributed by atoms with van der Waals surface area (Å²) in [5.41, 5.74) is 2.55. The van der Waals surface area contributed by atoms with Crippen molar-refractivity contribution in [2.75, 3.05) is 24.7 Å². The van der Waals surface area contributed by atoms with Crippen LogP contribution in [0.25, 0.3) is 6.08 Å². The SMILES string of the molecule is CCN(C(=O)COC(=O)/C=C/c1c(C)nn(C)c1C)[C@H]1CCS(=O)(=O)C1. The minimum Gasteiger partial charge on any atom is -0.452 e. The molecule has 0 spiro atoms. The third-order valence-electron chi connectivity index (χ3n) is 4.60. The summed E-state index contributed by atoms with van der Waals surface area (Å²) >= 11 is 0. The van der Waals surface area contributed by atoms with Gasteiger partial charge in [0.25, 0.3) is 5.91 Å². The Balaban J connectivity index is 1.91. The Labute approximate surface area is 153 Å². The lowest BCUT2D eigenvalue weighted by atomic mass is 10.2. The number of carbonyl (C=O) groups excluding carboxylic acids is 2. The van der Waals surface area contributed by atoms with Crippen LogP contribution in [-0.2, 0) is 31.2 Å². The summed E-state index contributed by atoms with van der Waals surface area (Å²) in [6.07, 6.45) is 3.31. The summed E-state index contributed by atoms with van der Waals surface area (Å²) in [5.74, 6) is -0.950. The van der Waals surface area contributed by atoms with E-state index in [2.05, 4.69) is 5.10 Å². The molecule has 1 atom stereocenters. The average molecular weight is 383 g/mol. The van der Waals surface area contributed by atoms with Crippen LogP contribution in [0, 0.1) is 13.8 Å². The van der Waals surface area contributed by atoms with Crippen molar-refractivity contribution in [3.8, 4) is 0 Å². The molecular formula is C17H25N3O5S. The number of rotatable bonds is 6. The van der Waals surface area contributed by atoms with Gasteiger partial charge in [-0.05, 0) is 33.3 Å². The molecule has 1 amide bonds. The maximum absolute atomic E-state index is 12.3. The average Bonchev–Trinajstić information content (AvgIpc) is 3.03. The van der Waals surface area contributed by atoms with Crippen LogP contribution in [0.2, 0.25) is 0 Å². The van der Waals surface area contributed by atoms with Crippen LogP contribution in [0.15, 0.2) is 6.08 Å². The van der Waals surface area contributed by atoms with Gasteiger partial charge in [0.05, 0.1) is 17.2 Å². The van der Waals surface area contributed by atoms with Crippen molar-refractivity contribution in [3.05, 3.63) is 23.0 Å². The second-order valence-electron chi connectivity index (χ2n) is 6.39. The second-order valence-corrected chi connectivity index (χ2v) is 8.61. The van der Waals surface area contributed by atoms with Gasteiger partial charge in [-0.15, -0.1) is 0 Å². The number of hydrogen-bond acceptors (Lipinski definition) is 6. The Kier molecular flexibility index (Phi) is 6.22. The molecule has 0 N–H and O–H groups in total. The van der Waals surface area contributed by atoms with Crippen LogP contribution in [0.5, 0.6) is 0 Å². The second kappa shape index (κ2) is 8.03. The number of sulfone groups is 1. The maximum atomic E-state index is 12.3. The predicted molar refractivity (Wildman–Crippen MR) is 97.1 cm³/mol. The lowest BCUT2D eigenvalue weighted by Crippen LogP contribution is -2.43. The molecule has 1 saturated heterocycles. The molecule has 0 saturated carbocycles. The molecule has 0 aliphatic carbocycles. The molecule has 1 aromatic rings. The summed E-state index contributed by atoms with van der Waals surface area (Å²) < 4.78 is 29.9. The first kappa shape index (κ1) is 20.2. The van der Waals surface area contributed by atoms with Crippen LogP contribution >= 0.6 is 0 Å². The number of ether oxygens (including phenoxy) is 1. The van der Waals surface area contributed by atoms with Crippen LogP contribution in [-0.4, -0.2) is 65.7 Å². The number of nitrogens with zero attached hydrogens (tertiary/aromatic N) is 3. The Hall–Kier alpha value is -2.16. The monoisotopic (exact) mass is 383 g/mol. The molecule has 0 unspecified atom stereocenters. The highest BCUT2D eigenvalue weighted by atomic mass is 32.2. The number of likely N-dealkylation sites (N-methyl/N-ethyl adjacent to an activating group) is 1. The summed E-state index contributed by atoms with van der Waals surface area (Å²) in [4.78, 5) is 25.6. The van der Waals surface area contributed by atoms with E-state index in [-0.39, 0.29) is 23.5 Å². The zero-order chi connectivity index (χ0) is 19.5. The minimum atomic E-state index is -3.08. The molecule has 144 valence electrons. The molecule has 2 rings (SSSR count). The largest absolute Gasteiger partial charge is 0.452 e. The molecular weight excluding hydrogens is 358 g/mol. The van der Waals surface area contributed by atoms with Crippen molar-refractivity contribution in [3.63, 3.8) is 0 Å². The van der Waals surface area contributed by atoms with Gasteiger partial charge in [0.15, 0.2) is 16.4 Å². The van der Waals surface area contributed by atoms with Crippen LogP contribution < -0.4 is 0 Å². The molecule has 0 aromatic carbocycles. The molecule has 9 heteroatoms. The lowest BCUT2D eigenvalue weighted by molar-refractivity contribution is -0.149. The van der Waals surface area contributed by atoms with Gasteiger partial charge in [0.2, 0.25) is 0 Å². The topological polar surface area (TPSA) is 98.6 Å². The molecule has 1 aromatic heterocycles. The third-order valence-corrected chi connectivity index (χ3v) is 6.35. The van der Waals surface area contributed by atoms with Crippen LogP contribution in [0.3, 0.4) is 0 Å². The van der Waals surface area contributed by atoms with Gasteiger partial charge in [-0.1, -0.05) is 0 Å². The highest BCUT2D eigenvalue weighted by Crippen LogP contribution is 2.18. The van der Waals surface area contributed by atoms with Crippen molar-refractivity contribution in [2.45, 2.75) is 33.2 Å². The minimum absolute atomic E-state index is 0.0278. The summed E-state index contributed by atoms with van der Waals surface area (Å²) in [6.45, 7) is 5.48. The van der Waals surface area contributed by atoms with E-state index in [0.717, 1.165) is 17.0 Å². The van der Waals surface area contributed by atoms with Gasteiger partial charge in [-0.25, -0.2) is 13.2 Å². The predicted octanol–water partition coefficient (Wildman–Crippen LogP) is 0.629. The molecule has 1 aliphatic rings. The van der Waals surface area contributed by atoms with Crippen molar-refractivity contribution in [1.29, 1.82) is 0 Å². The number of amides is 1. The first-order valence-corrected chi connectivity index (χ1v) is 10.3. The van der Waals surface area contributed by atoms with E-state index in [9.17, 15) is 18.0 Å². The normalized spacial score (nSPS) is 19.0. The molecule has 26 heavy (non-hydrogen) atoms. The summed E-state index contributed by atoms with van der Waals surface area (Å²) in [6, 6.07) is -0.340.